The van der Waals surface area contributed by atoms with Gasteiger partial charge >= 0.3 is 0 Å². The van der Waals surface area contributed by atoms with Crippen LogP contribution in [0.3, 0.4) is 0 Å². The Morgan fingerprint density at radius 3 is 2.82 bits per heavy atom. The van der Waals surface area contributed by atoms with Crippen LogP contribution in [0.2, 0.25) is 0 Å². The van der Waals surface area contributed by atoms with E-state index in [9.17, 15) is 10.1 Å². The number of rotatable bonds is 3. The van der Waals surface area contributed by atoms with Crippen molar-refractivity contribution in [3.63, 3.8) is 0 Å². The Morgan fingerprint density at radius 1 is 1.53 bits per heavy atom. The maximum atomic E-state index is 10.7. The second kappa shape index (κ2) is 4.81. The zero-order valence-electron chi connectivity index (χ0n) is 9.01. The number of aromatic nitrogens is 1. The second-order valence-electron chi connectivity index (χ2n) is 3.54. The predicted molar refractivity (Wildman–Crippen MR) is 68.5 cm³/mol. The number of halogens is 1. The molecule has 0 atom stereocenters. The van der Waals surface area contributed by atoms with E-state index in [-0.39, 0.29) is 10.6 Å². The van der Waals surface area contributed by atoms with Crippen LogP contribution in [-0.4, -0.2) is 9.91 Å². The van der Waals surface area contributed by atoms with Crippen molar-refractivity contribution in [3.8, 4) is 10.6 Å². The van der Waals surface area contributed by atoms with Gasteiger partial charge in [-0.05, 0) is 19.1 Å². The lowest BCUT2D eigenvalue weighted by Crippen LogP contribution is -1.91. The minimum atomic E-state index is -0.384. The molecular weight excluding hydrogens is 260 g/mol. The number of benzene rings is 1. The van der Waals surface area contributed by atoms with Crippen LogP contribution in [0.25, 0.3) is 10.6 Å². The molecule has 0 unspecified atom stereocenters. The third kappa shape index (κ3) is 2.45. The Kier molecular flexibility index (Phi) is 3.40. The van der Waals surface area contributed by atoms with E-state index >= 15 is 0 Å². The Morgan fingerprint density at radius 2 is 2.29 bits per heavy atom. The molecule has 0 aliphatic heterocycles. The first kappa shape index (κ1) is 12.0. The van der Waals surface area contributed by atoms with Crippen molar-refractivity contribution < 1.29 is 4.92 Å². The second-order valence-corrected chi connectivity index (χ2v) is 4.66. The lowest BCUT2D eigenvalue weighted by atomic mass is 10.1. The van der Waals surface area contributed by atoms with Crippen molar-refractivity contribution in [2.75, 3.05) is 0 Å². The van der Waals surface area contributed by atoms with Gasteiger partial charge in [0.2, 0.25) is 0 Å². The summed E-state index contributed by atoms with van der Waals surface area (Å²) >= 11 is 7.17. The van der Waals surface area contributed by atoms with Gasteiger partial charge in [0.05, 0.1) is 16.5 Å². The van der Waals surface area contributed by atoms with E-state index in [2.05, 4.69) is 4.98 Å². The van der Waals surface area contributed by atoms with Crippen LogP contribution >= 0.6 is 22.9 Å². The molecule has 88 valence electrons. The van der Waals surface area contributed by atoms with Crippen LogP contribution in [0.5, 0.6) is 0 Å². The monoisotopic (exact) mass is 268 g/mol. The van der Waals surface area contributed by atoms with Crippen LogP contribution in [0.4, 0.5) is 5.69 Å². The van der Waals surface area contributed by atoms with E-state index in [0.29, 0.717) is 11.4 Å². The Balaban J connectivity index is 2.40. The molecule has 0 saturated carbocycles. The van der Waals surface area contributed by atoms with Crippen LogP contribution in [0.1, 0.15) is 11.3 Å². The minimum Gasteiger partial charge on any atom is -0.258 e. The first-order valence-corrected chi connectivity index (χ1v) is 6.29. The van der Waals surface area contributed by atoms with Gasteiger partial charge in [-0.1, -0.05) is 0 Å². The minimum absolute atomic E-state index is 0.128. The molecule has 2 rings (SSSR count). The standard InChI is InChI=1S/C11H9ClN2O2S/c1-7-4-8(2-3-10(7)14(15)16)11-13-9(5-12)6-17-11/h2-4,6H,5H2,1H3. The number of hydrogen-bond donors (Lipinski definition) is 0. The van der Waals surface area contributed by atoms with E-state index < -0.39 is 0 Å². The predicted octanol–water partition coefficient (Wildman–Crippen LogP) is 3.77. The van der Waals surface area contributed by atoms with Gasteiger partial charge < -0.3 is 0 Å². The zero-order chi connectivity index (χ0) is 12.4. The molecule has 0 radical (unpaired) electrons. The fourth-order valence-electron chi connectivity index (χ4n) is 1.49. The van der Waals surface area contributed by atoms with Crippen LogP contribution in [0, 0.1) is 17.0 Å². The highest BCUT2D eigenvalue weighted by atomic mass is 35.5. The van der Waals surface area contributed by atoms with Crippen molar-refractivity contribution >= 4 is 28.6 Å². The normalized spacial score (nSPS) is 10.5. The topological polar surface area (TPSA) is 56.0 Å². The maximum absolute atomic E-state index is 10.7. The van der Waals surface area contributed by atoms with Gasteiger partial charge in [-0.2, -0.15) is 0 Å². The molecule has 0 aliphatic rings. The summed E-state index contributed by atoms with van der Waals surface area (Å²) in [5.74, 6) is 0.377. The summed E-state index contributed by atoms with van der Waals surface area (Å²) < 4.78 is 0. The molecule has 1 aromatic carbocycles. The van der Waals surface area contributed by atoms with Crippen molar-refractivity contribution in [1.82, 2.24) is 4.98 Å². The van der Waals surface area contributed by atoms with E-state index in [1.54, 1.807) is 19.1 Å². The lowest BCUT2D eigenvalue weighted by molar-refractivity contribution is -0.385. The Labute approximate surface area is 107 Å². The van der Waals surface area contributed by atoms with Gasteiger partial charge in [-0.15, -0.1) is 22.9 Å². The van der Waals surface area contributed by atoms with Gasteiger partial charge in [-0.25, -0.2) is 4.98 Å². The average Bonchev–Trinajstić information content (AvgIpc) is 2.76. The molecule has 1 aromatic heterocycles. The van der Waals surface area contributed by atoms with Gasteiger partial charge in [0.25, 0.3) is 5.69 Å². The molecule has 17 heavy (non-hydrogen) atoms. The summed E-state index contributed by atoms with van der Waals surface area (Å²) in [5.41, 5.74) is 2.47. The van der Waals surface area contributed by atoms with Crippen molar-refractivity contribution in [1.29, 1.82) is 0 Å². The molecule has 0 fully saturated rings. The first-order valence-electron chi connectivity index (χ1n) is 4.87. The SMILES string of the molecule is Cc1cc(-c2nc(CCl)cs2)ccc1[N+](=O)[O-]. The summed E-state index contributed by atoms with van der Waals surface area (Å²) in [4.78, 5) is 14.6. The highest BCUT2D eigenvalue weighted by molar-refractivity contribution is 7.13. The summed E-state index contributed by atoms with van der Waals surface area (Å²) in [6.07, 6.45) is 0. The van der Waals surface area contributed by atoms with Crippen LogP contribution in [-0.2, 0) is 5.88 Å². The van der Waals surface area contributed by atoms with Crippen molar-refractivity contribution in [3.05, 3.63) is 45.0 Å². The zero-order valence-corrected chi connectivity index (χ0v) is 10.6. The Hall–Kier alpha value is -1.46. The highest BCUT2D eigenvalue weighted by Gasteiger charge is 2.12. The van der Waals surface area contributed by atoms with E-state index in [1.165, 1.54) is 17.4 Å². The highest BCUT2D eigenvalue weighted by Crippen LogP contribution is 2.28. The van der Waals surface area contributed by atoms with E-state index in [0.717, 1.165) is 16.3 Å². The maximum Gasteiger partial charge on any atom is 0.272 e. The van der Waals surface area contributed by atoms with Crippen LogP contribution in [0.15, 0.2) is 23.6 Å². The van der Waals surface area contributed by atoms with Gasteiger partial charge in [0.1, 0.15) is 5.01 Å². The fourth-order valence-corrected chi connectivity index (χ4v) is 2.54. The van der Waals surface area contributed by atoms with Gasteiger partial charge in [-0.3, -0.25) is 10.1 Å². The molecule has 0 amide bonds. The number of alkyl halides is 1. The quantitative estimate of drug-likeness (QED) is 0.484. The number of aryl methyl sites for hydroxylation is 1. The summed E-state index contributed by atoms with van der Waals surface area (Å²) in [7, 11) is 0. The number of nitrogens with zero attached hydrogens (tertiary/aromatic N) is 2. The Bertz CT molecular complexity index is 568. The molecule has 0 saturated heterocycles. The molecule has 1 heterocycles. The number of nitro groups is 1. The summed E-state index contributed by atoms with van der Waals surface area (Å²) in [6.45, 7) is 1.72. The van der Waals surface area contributed by atoms with Gasteiger partial charge in [0.15, 0.2) is 0 Å². The molecule has 4 nitrogen and oxygen atoms in total. The molecule has 6 heteroatoms. The molecular formula is C11H9ClN2O2S. The third-order valence-electron chi connectivity index (χ3n) is 2.33. The molecule has 0 bridgehead atoms. The number of hydrogen-bond acceptors (Lipinski definition) is 4. The van der Waals surface area contributed by atoms with E-state index in [1.807, 2.05) is 5.38 Å². The molecule has 0 aliphatic carbocycles. The summed E-state index contributed by atoms with van der Waals surface area (Å²) in [6, 6.07) is 4.99. The fraction of sp³-hybridized carbons (Fsp3) is 0.182. The first-order chi connectivity index (χ1) is 8.11. The van der Waals surface area contributed by atoms with E-state index in [4.69, 9.17) is 11.6 Å². The largest absolute Gasteiger partial charge is 0.272 e. The summed E-state index contributed by atoms with van der Waals surface area (Å²) in [5, 5.41) is 13.4. The van der Waals surface area contributed by atoms with Gasteiger partial charge in [0, 0.05) is 22.6 Å². The van der Waals surface area contributed by atoms with Crippen molar-refractivity contribution in [2.45, 2.75) is 12.8 Å². The molecule has 0 N–H and O–H groups in total. The number of nitro benzene ring substituents is 1. The number of thiazole rings is 1. The lowest BCUT2D eigenvalue weighted by Gasteiger charge is -2.00. The molecule has 2 aromatic rings. The van der Waals surface area contributed by atoms with Crippen LogP contribution < -0.4 is 0 Å². The third-order valence-corrected chi connectivity index (χ3v) is 3.54. The molecule has 0 spiro atoms. The smallest absolute Gasteiger partial charge is 0.258 e. The average molecular weight is 269 g/mol. The van der Waals surface area contributed by atoms with Crippen molar-refractivity contribution in [2.24, 2.45) is 0 Å².